The largest absolute Gasteiger partial charge is 0.480 e. The zero-order chi connectivity index (χ0) is 16.0. The Morgan fingerprint density at radius 1 is 1.19 bits per heavy atom. The number of carboxylic acid groups (broad SMARTS) is 1. The normalized spacial score (nSPS) is 20.8. The van der Waals surface area contributed by atoms with Crippen molar-refractivity contribution in [2.24, 2.45) is 5.41 Å². The topological polar surface area (TPSA) is 128 Å². The Balaban J connectivity index is 2.39. The van der Waals surface area contributed by atoms with Gasteiger partial charge in [-0.05, 0) is 13.3 Å². The van der Waals surface area contributed by atoms with Crippen molar-refractivity contribution in [1.82, 2.24) is 20.9 Å². The van der Waals surface area contributed by atoms with Crippen LogP contribution >= 0.6 is 0 Å². The number of urea groups is 1. The number of carbonyl (C=O) groups is 4. The van der Waals surface area contributed by atoms with Crippen molar-refractivity contribution in [2.75, 3.05) is 33.2 Å². The molecule has 1 fully saturated rings. The molecule has 1 atom stereocenters. The summed E-state index contributed by atoms with van der Waals surface area (Å²) in [6.07, 6.45) is 0.547. The molecular formula is C12H20N4O5. The minimum Gasteiger partial charge on any atom is -0.480 e. The third-order valence-electron chi connectivity index (χ3n) is 3.37. The summed E-state index contributed by atoms with van der Waals surface area (Å²) in [6, 6.07) is -0.451. The van der Waals surface area contributed by atoms with E-state index in [0.717, 1.165) is 0 Å². The third kappa shape index (κ3) is 4.62. The number of hydrogen-bond acceptors (Lipinski definition) is 4. The van der Waals surface area contributed by atoms with Gasteiger partial charge in [-0.2, -0.15) is 0 Å². The average molecular weight is 300 g/mol. The molecule has 0 aromatic heterocycles. The Morgan fingerprint density at radius 3 is 2.43 bits per heavy atom. The Labute approximate surface area is 122 Å². The van der Waals surface area contributed by atoms with Gasteiger partial charge in [-0.3, -0.25) is 14.4 Å². The molecular weight excluding hydrogens is 280 g/mol. The number of rotatable bonds is 5. The van der Waals surface area contributed by atoms with Crippen molar-refractivity contribution in [3.05, 3.63) is 0 Å². The van der Waals surface area contributed by atoms with Gasteiger partial charge in [0.15, 0.2) is 0 Å². The van der Waals surface area contributed by atoms with E-state index < -0.39 is 29.9 Å². The molecule has 1 aliphatic heterocycles. The van der Waals surface area contributed by atoms with Gasteiger partial charge in [0.05, 0.1) is 12.0 Å². The molecule has 4 N–H and O–H groups in total. The number of carbonyl (C=O) groups excluding carboxylic acids is 3. The second kappa shape index (κ2) is 6.91. The molecule has 1 heterocycles. The van der Waals surface area contributed by atoms with Crippen LogP contribution in [0.5, 0.6) is 0 Å². The molecule has 0 aromatic carbocycles. The first-order valence-electron chi connectivity index (χ1n) is 6.52. The van der Waals surface area contributed by atoms with E-state index in [2.05, 4.69) is 16.0 Å². The zero-order valence-electron chi connectivity index (χ0n) is 12.1. The molecule has 1 rings (SSSR count). The summed E-state index contributed by atoms with van der Waals surface area (Å²) in [6.45, 7) is 1.67. The number of nitrogens with one attached hydrogen (secondary N) is 3. The van der Waals surface area contributed by atoms with Crippen LogP contribution in [0.4, 0.5) is 4.79 Å². The van der Waals surface area contributed by atoms with Crippen LogP contribution < -0.4 is 16.0 Å². The van der Waals surface area contributed by atoms with Gasteiger partial charge < -0.3 is 26.0 Å². The molecule has 0 aromatic rings. The van der Waals surface area contributed by atoms with E-state index in [0.29, 0.717) is 13.0 Å². The number of nitrogens with zero attached hydrogens (tertiary/aromatic N) is 1. The minimum absolute atomic E-state index is 0.128. The number of aliphatic carboxylic acids is 1. The van der Waals surface area contributed by atoms with E-state index in [1.54, 1.807) is 14.0 Å². The van der Waals surface area contributed by atoms with Crippen molar-refractivity contribution in [2.45, 2.75) is 13.3 Å². The highest BCUT2D eigenvalue weighted by Gasteiger charge is 2.41. The predicted octanol–water partition coefficient (Wildman–Crippen LogP) is -1.65. The van der Waals surface area contributed by atoms with E-state index in [-0.39, 0.29) is 19.0 Å². The standard InChI is InChI=1S/C12H20N4O5/c1-12(10(20)13-2)3-4-16(7-12)11(21)15-5-8(17)14-6-9(18)19/h3-7H2,1-2H3,(H,13,20)(H,14,17)(H,15,21)(H,18,19). The lowest BCUT2D eigenvalue weighted by atomic mass is 9.89. The SMILES string of the molecule is CNC(=O)C1(C)CCN(C(=O)NCC(=O)NCC(=O)O)C1. The fourth-order valence-corrected chi connectivity index (χ4v) is 2.13. The Hall–Kier alpha value is -2.32. The van der Waals surface area contributed by atoms with Crippen molar-refractivity contribution in [3.63, 3.8) is 0 Å². The fraction of sp³-hybridized carbons (Fsp3) is 0.667. The van der Waals surface area contributed by atoms with Crippen LogP contribution in [0.15, 0.2) is 0 Å². The van der Waals surface area contributed by atoms with Crippen LogP contribution in [0.1, 0.15) is 13.3 Å². The first kappa shape index (κ1) is 16.7. The molecule has 1 aliphatic rings. The maximum atomic E-state index is 11.9. The second-order valence-electron chi connectivity index (χ2n) is 5.14. The first-order chi connectivity index (χ1) is 9.78. The van der Waals surface area contributed by atoms with E-state index in [4.69, 9.17) is 5.11 Å². The van der Waals surface area contributed by atoms with Crippen molar-refractivity contribution >= 4 is 23.8 Å². The lowest BCUT2D eigenvalue weighted by molar-refractivity contribution is -0.137. The lowest BCUT2D eigenvalue weighted by Crippen LogP contribution is -2.46. The van der Waals surface area contributed by atoms with Gasteiger partial charge in [-0.25, -0.2) is 4.79 Å². The van der Waals surface area contributed by atoms with Crippen LogP contribution in [0.3, 0.4) is 0 Å². The van der Waals surface area contributed by atoms with E-state index in [1.807, 2.05) is 0 Å². The predicted molar refractivity (Wildman–Crippen MR) is 72.4 cm³/mol. The molecule has 21 heavy (non-hydrogen) atoms. The van der Waals surface area contributed by atoms with Gasteiger partial charge >= 0.3 is 12.0 Å². The molecule has 1 unspecified atom stereocenters. The quantitative estimate of drug-likeness (QED) is 0.484. The Kier molecular flexibility index (Phi) is 5.51. The molecule has 0 aliphatic carbocycles. The second-order valence-corrected chi connectivity index (χ2v) is 5.14. The number of hydrogen-bond donors (Lipinski definition) is 4. The van der Waals surface area contributed by atoms with Crippen LogP contribution in [0, 0.1) is 5.41 Å². The number of carboxylic acids is 1. The van der Waals surface area contributed by atoms with Crippen molar-refractivity contribution in [1.29, 1.82) is 0 Å². The van der Waals surface area contributed by atoms with Crippen LogP contribution in [0.25, 0.3) is 0 Å². The van der Waals surface area contributed by atoms with Gasteiger partial charge in [0.25, 0.3) is 0 Å². The van der Waals surface area contributed by atoms with Gasteiger partial charge in [0.2, 0.25) is 11.8 Å². The average Bonchev–Trinajstić information content (AvgIpc) is 2.85. The summed E-state index contributed by atoms with van der Waals surface area (Å²) < 4.78 is 0. The highest BCUT2D eigenvalue weighted by atomic mass is 16.4. The molecule has 0 radical (unpaired) electrons. The molecule has 4 amide bonds. The van der Waals surface area contributed by atoms with E-state index in [9.17, 15) is 19.2 Å². The molecule has 9 heteroatoms. The van der Waals surface area contributed by atoms with Crippen LogP contribution in [-0.2, 0) is 14.4 Å². The molecule has 1 saturated heterocycles. The number of amides is 4. The van der Waals surface area contributed by atoms with E-state index >= 15 is 0 Å². The summed E-state index contributed by atoms with van der Waals surface area (Å²) in [5.41, 5.74) is -0.627. The number of likely N-dealkylation sites (tertiary alicyclic amines) is 1. The Morgan fingerprint density at radius 2 is 1.86 bits per heavy atom. The monoisotopic (exact) mass is 300 g/mol. The van der Waals surface area contributed by atoms with Crippen molar-refractivity contribution in [3.8, 4) is 0 Å². The summed E-state index contributed by atoms with van der Waals surface area (Å²) in [7, 11) is 1.54. The van der Waals surface area contributed by atoms with E-state index in [1.165, 1.54) is 4.90 Å². The van der Waals surface area contributed by atoms with Gasteiger partial charge in [-0.15, -0.1) is 0 Å². The van der Waals surface area contributed by atoms with Crippen LogP contribution in [0.2, 0.25) is 0 Å². The summed E-state index contributed by atoms with van der Waals surface area (Å²) >= 11 is 0. The zero-order valence-corrected chi connectivity index (χ0v) is 12.1. The lowest BCUT2D eigenvalue weighted by Gasteiger charge is -2.22. The highest BCUT2D eigenvalue weighted by molar-refractivity contribution is 5.87. The van der Waals surface area contributed by atoms with Crippen molar-refractivity contribution < 1.29 is 24.3 Å². The fourth-order valence-electron chi connectivity index (χ4n) is 2.13. The summed E-state index contributed by atoms with van der Waals surface area (Å²) in [5, 5.41) is 15.5. The van der Waals surface area contributed by atoms with Gasteiger partial charge in [-0.1, -0.05) is 0 Å². The molecule has 9 nitrogen and oxygen atoms in total. The Bertz CT molecular complexity index is 453. The van der Waals surface area contributed by atoms with Gasteiger partial charge in [0, 0.05) is 20.1 Å². The molecule has 0 bridgehead atoms. The summed E-state index contributed by atoms with van der Waals surface area (Å²) in [4.78, 5) is 46.6. The molecule has 118 valence electrons. The molecule has 0 saturated carbocycles. The smallest absolute Gasteiger partial charge is 0.322 e. The third-order valence-corrected chi connectivity index (χ3v) is 3.37. The maximum Gasteiger partial charge on any atom is 0.322 e. The summed E-state index contributed by atoms with van der Waals surface area (Å²) in [5.74, 6) is -1.87. The minimum atomic E-state index is -1.16. The molecule has 0 spiro atoms. The van der Waals surface area contributed by atoms with Gasteiger partial charge in [0.1, 0.15) is 6.54 Å². The highest BCUT2D eigenvalue weighted by Crippen LogP contribution is 2.29. The van der Waals surface area contributed by atoms with Crippen LogP contribution in [-0.4, -0.2) is 67.0 Å². The first-order valence-corrected chi connectivity index (χ1v) is 6.52. The maximum absolute atomic E-state index is 11.9.